The summed E-state index contributed by atoms with van der Waals surface area (Å²) in [5, 5.41) is 96.3. The number of carbonyl (C=O) groups excluding carboxylic acids is 1. The lowest BCUT2D eigenvalue weighted by molar-refractivity contribution is -0.384. The molecule has 0 aromatic rings. The SMILES string of the molecule is O=C(O)C(O)C(O)C(=O)OC[C@@]1(O[C@H]2O[C@H](CO)[C@@H](O)[C@H](O)[C@H]2O)O[C@H](CO)[C@@H](O)[C@@H]1O. The third-order valence-corrected chi connectivity index (χ3v) is 5.06. The van der Waals surface area contributed by atoms with Gasteiger partial charge in [0.2, 0.25) is 5.79 Å². The van der Waals surface area contributed by atoms with Crippen molar-refractivity contribution in [2.75, 3.05) is 19.8 Å². The number of hydrogen-bond acceptors (Lipinski definition) is 15. The second kappa shape index (κ2) is 10.6. The Morgan fingerprint density at radius 1 is 0.875 bits per heavy atom. The van der Waals surface area contributed by atoms with Crippen LogP contribution in [0.1, 0.15) is 0 Å². The van der Waals surface area contributed by atoms with Gasteiger partial charge < -0.3 is 70.0 Å². The summed E-state index contributed by atoms with van der Waals surface area (Å²) in [5.74, 6) is -6.26. The van der Waals surface area contributed by atoms with Gasteiger partial charge in [-0.2, -0.15) is 0 Å². The summed E-state index contributed by atoms with van der Waals surface area (Å²) < 4.78 is 20.3. The molecule has 0 amide bonds. The van der Waals surface area contributed by atoms with Gasteiger partial charge in [0.15, 0.2) is 18.5 Å². The van der Waals surface area contributed by atoms with Gasteiger partial charge in [-0.15, -0.1) is 0 Å². The molecule has 0 aromatic heterocycles. The molecule has 0 radical (unpaired) electrons. The summed E-state index contributed by atoms with van der Waals surface area (Å²) in [5.41, 5.74) is 0. The molecule has 2 heterocycles. The third-order valence-electron chi connectivity index (χ3n) is 5.06. The van der Waals surface area contributed by atoms with Crippen molar-refractivity contribution >= 4 is 11.9 Å². The zero-order chi connectivity index (χ0) is 24.4. The van der Waals surface area contributed by atoms with Crippen molar-refractivity contribution in [3.63, 3.8) is 0 Å². The van der Waals surface area contributed by atoms with Gasteiger partial charge in [0.05, 0.1) is 13.2 Å². The molecule has 2 saturated heterocycles. The Balaban J connectivity index is 2.25. The van der Waals surface area contributed by atoms with Crippen LogP contribution < -0.4 is 0 Å². The average molecular weight is 474 g/mol. The van der Waals surface area contributed by atoms with E-state index in [-0.39, 0.29) is 0 Å². The summed E-state index contributed by atoms with van der Waals surface area (Å²) >= 11 is 0. The molecule has 0 spiro atoms. The fourth-order valence-electron chi connectivity index (χ4n) is 3.14. The van der Waals surface area contributed by atoms with Crippen LogP contribution in [-0.4, -0.2) is 150 Å². The number of aliphatic hydroxyl groups is 9. The summed E-state index contributed by atoms with van der Waals surface area (Å²) in [6, 6.07) is 0. The molecule has 186 valence electrons. The van der Waals surface area contributed by atoms with Crippen molar-refractivity contribution in [2.45, 2.75) is 67.0 Å². The van der Waals surface area contributed by atoms with E-state index in [0.717, 1.165) is 0 Å². The minimum absolute atomic E-state index is 0.836. The van der Waals surface area contributed by atoms with Crippen LogP contribution in [0.3, 0.4) is 0 Å². The first kappa shape index (κ1) is 26.7. The molecule has 2 rings (SSSR count). The number of carboxylic acid groups (broad SMARTS) is 1. The molecule has 0 aliphatic carbocycles. The maximum absolute atomic E-state index is 11.9. The van der Waals surface area contributed by atoms with Gasteiger partial charge in [-0.05, 0) is 0 Å². The molecule has 32 heavy (non-hydrogen) atoms. The monoisotopic (exact) mass is 474 g/mol. The van der Waals surface area contributed by atoms with E-state index in [0.29, 0.717) is 0 Å². The largest absolute Gasteiger partial charge is 0.479 e. The standard InChI is InChI=1S/C16H26O16/c17-1-4-6(19)8(21)11(24)15(30-4)32-16(12(25)7(20)5(2-18)31-16)3-29-14(28)10(23)9(22)13(26)27/h4-12,15,17-25H,1-3H2,(H,26,27)/t4-,5-,6-,7-,8+,9?,10?,11-,12+,15-,16+/m1/s1. The van der Waals surface area contributed by atoms with Gasteiger partial charge in [0.25, 0.3) is 0 Å². The van der Waals surface area contributed by atoms with Gasteiger partial charge in [0.1, 0.15) is 49.3 Å². The molecule has 2 aliphatic heterocycles. The predicted octanol–water partition coefficient (Wildman–Crippen LogP) is -7.04. The second-order valence-corrected chi connectivity index (χ2v) is 7.24. The molecular formula is C16H26O16. The molecule has 2 unspecified atom stereocenters. The smallest absolute Gasteiger partial charge is 0.338 e. The minimum Gasteiger partial charge on any atom is -0.479 e. The van der Waals surface area contributed by atoms with E-state index in [1.54, 1.807) is 0 Å². The first-order chi connectivity index (χ1) is 14.9. The Hall–Kier alpha value is -1.54. The molecule has 2 aliphatic rings. The summed E-state index contributed by atoms with van der Waals surface area (Å²) in [6.45, 7) is -2.90. The molecular weight excluding hydrogens is 448 g/mol. The molecule has 11 atom stereocenters. The Labute approximate surface area is 179 Å². The zero-order valence-electron chi connectivity index (χ0n) is 16.3. The number of carboxylic acids is 1. The van der Waals surface area contributed by atoms with Crippen LogP contribution in [0, 0.1) is 0 Å². The van der Waals surface area contributed by atoms with E-state index in [2.05, 4.69) is 4.74 Å². The van der Waals surface area contributed by atoms with Crippen LogP contribution in [0.25, 0.3) is 0 Å². The fourth-order valence-corrected chi connectivity index (χ4v) is 3.14. The Bertz CT molecular complexity index is 658. The number of rotatable bonds is 9. The van der Waals surface area contributed by atoms with Crippen LogP contribution in [0.2, 0.25) is 0 Å². The van der Waals surface area contributed by atoms with Crippen LogP contribution in [0.5, 0.6) is 0 Å². The lowest BCUT2D eigenvalue weighted by Gasteiger charge is -2.43. The highest BCUT2D eigenvalue weighted by atomic mass is 16.8. The topological polar surface area (TPSA) is 273 Å². The van der Waals surface area contributed by atoms with E-state index < -0.39 is 98.8 Å². The van der Waals surface area contributed by atoms with Gasteiger partial charge >= 0.3 is 11.9 Å². The molecule has 16 nitrogen and oxygen atoms in total. The lowest BCUT2D eigenvalue weighted by Crippen LogP contribution is -2.63. The van der Waals surface area contributed by atoms with Crippen LogP contribution in [-0.2, 0) is 28.5 Å². The summed E-state index contributed by atoms with van der Waals surface area (Å²) in [4.78, 5) is 22.6. The first-order valence-corrected chi connectivity index (χ1v) is 9.28. The minimum atomic E-state index is -2.61. The number of hydrogen-bond donors (Lipinski definition) is 10. The lowest BCUT2D eigenvalue weighted by atomic mass is 9.99. The molecule has 0 saturated carbocycles. The van der Waals surface area contributed by atoms with Crippen molar-refractivity contribution in [1.29, 1.82) is 0 Å². The van der Waals surface area contributed by atoms with E-state index in [4.69, 9.17) is 19.3 Å². The fraction of sp³-hybridized carbons (Fsp3) is 0.875. The number of carbonyl (C=O) groups is 2. The van der Waals surface area contributed by atoms with E-state index in [9.17, 15) is 55.5 Å². The highest BCUT2D eigenvalue weighted by Gasteiger charge is 2.59. The van der Waals surface area contributed by atoms with E-state index >= 15 is 0 Å². The quantitative estimate of drug-likeness (QED) is 0.139. The van der Waals surface area contributed by atoms with Crippen LogP contribution >= 0.6 is 0 Å². The van der Waals surface area contributed by atoms with Crippen LogP contribution in [0.15, 0.2) is 0 Å². The molecule has 0 aromatic carbocycles. The molecule has 2 fully saturated rings. The van der Waals surface area contributed by atoms with Crippen molar-refractivity contribution in [3.05, 3.63) is 0 Å². The summed E-state index contributed by atoms with van der Waals surface area (Å²) in [7, 11) is 0. The highest BCUT2D eigenvalue weighted by molar-refractivity contribution is 5.84. The third kappa shape index (κ3) is 5.16. The van der Waals surface area contributed by atoms with Gasteiger partial charge in [0, 0.05) is 0 Å². The van der Waals surface area contributed by atoms with E-state index in [1.165, 1.54) is 0 Å². The molecule has 16 heteroatoms. The molecule has 0 bridgehead atoms. The van der Waals surface area contributed by atoms with Crippen molar-refractivity contribution < 1.29 is 79.6 Å². The van der Waals surface area contributed by atoms with E-state index in [1.807, 2.05) is 0 Å². The Morgan fingerprint density at radius 2 is 1.47 bits per heavy atom. The number of aliphatic carboxylic acids is 1. The van der Waals surface area contributed by atoms with Gasteiger partial charge in [-0.25, -0.2) is 9.59 Å². The number of esters is 1. The van der Waals surface area contributed by atoms with Gasteiger partial charge in [-0.1, -0.05) is 0 Å². The highest BCUT2D eigenvalue weighted by Crippen LogP contribution is 2.36. The van der Waals surface area contributed by atoms with Crippen molar-refractivity contribution in [3.8, 4) is 0 Å². The molecule has 10 N–H and O–H groups in total. The zero-order valence-corrected chi connectivity index (χ0v) is 16.3. The van der Waals surface area contributed by atoms with Crippen molar-refractivity contribution in [1.82, 2.24) is 0 Å². The van der Waals surface area contributed by atoms with Crippen molar-refractivity contribution in [2.24, 2.45) is 0 Å². The predicted molar refractivity (Wildman–Crippen MR) is 92.2 cm³/mol. The Kier molecular flexibility index (Phi) is 8.84. The average Bonchev–Trinajstić information content (AvgIpc) is 3.01. The Morgan fingerprint density at radius 3 is 1.97 bits per heavy atom. The van der Waals surface area contributed by atoms with Crippen LogP contribution in [0.4, 0.5) is 0 Å². The number of ether oxygens (including phenoxy) is 4. The maximum Gasteiger partial charge on any atom is 0.338 e. The first-order valence-electron chi connectivity index (χ1n) is 9.28. The number of aliphatic hydroxyl groups excluding tert-OH is 9. The van der Waals surface area contributed by atoms with Gasteiger partial charge in [-0.3, -0.25) is 0 Å². The maximum atomic E-state index is 11.9. The normalized spacial score (nSPS) is 41.8. The second-order valence-electron chi connectivity index (χ2n) is 7.24. The summed E-state index contributed by atoms with van der Waals surface area (Å²) in [6.07, 6.45) is -19.6.